The number of hydrogen-bond acceptors (Lipinski definition) is 5. The van der Waals surface area contributed by atoms with E-state index < -0.39 is 18.9 Å². The highest BCUT2D eigenvalue weighted by atomic mass is 31.2. The Hall–Kier alpha value is -0.220. The Kier molecular flexibility index (Phi) is 5.53. The van der Waals surface area contributed by atoms with Gasteiger partial charge in [-0.3, -0.25) is 9.36 Å². The van der Waals surface area contributed by atoms with Crippen LogP contribution in [0.5, 0.6) is 0 Å². The fraction of sp³-hybridized carbons (Fsp3) is 0.917. The molecule has 0 unspecified atom stereocenters. The first-order valence-electron chi connectivity index (χ1n) is 6.48. The molecule has 2 atom stereocenters. The quantitative estimate of drug-likeness (QED) is 0.724. The molecule has 6 heteroatoms. The molecule has 0 amide bonds. The lowest BCUT2D eigenvalue weighted by molar-refractivity contribution is -0.121. The topological polar surface area (TPSA) is 72.8 Å². The fourth-order valence-electron chi connectivity index (χ4n) is 2.70. The summed E-state index contributed by atoms with van der Waals surface area (Å²) >= 11 is 0. The molecule has 0 aromatic heterocycles. The molecule has 0 bridgehead atoms. The first kappa shape index (κ1) is 15.8. The van der Waals surface area contributed by atoms with Crippen molar-refractivity contribution in [3.8, 4) is 0 Å². The molecule has 1 saturated carbocycles. The van der Waals surface area contributed by atoms with E-state index in [4.69, 9.17) is 9.05 Å². The highest BCUT2D eigenvalue weighted by Crippen LogP contribution is 2.61. The third-order valence-electron chi connectivity index (χ3n) is 3.26. The van der Waals surface area contributed by atoms with Crippen molar-refractivity contribution in [3.05, 3.63) is 0 Å². The van der Waals surface area contributed by atoms with Crippen LogP contribution in [-0.4, -0.2) is 35.4 Å². The van der Waals surface area contributed by atoms with Gasteiger partial charge >= 0.3 is 7.60 Å². The second-order valence-electron chi connectivity index (χ2n) is 4.77. The molecule has 0 aromatic carbocycles. The molecule has 1 aliphatic rings. The molecule has 1 fully saturated rings. The maximum atomic E-state index is 12.7. The van der Waals surface area contributed by atoms with Gasteiger partial charge in [0.15, 0.2) is 0 Å². The molecule has 0 spiro atoms. The molecule has 5 nitrogen and oxygen atoms in total. The molecule has 0 aromatic rings. The van der Waals surface area contributed by atoms with E-state index in [-0.39, 0.29) is 25.4 Å². The van der Waals surface area contributed by atoms with Gasteiger partial charge in [0.25, 0.3) is 0 Å². The summed E-state index contributed by atoms with van der Waals surface area (Å²) in [6.45, 7) is 5.45. The Balaban J connectivity index is 2.96. The van der Waals surface area contributed by atoms with Crippen LogP contribution >= 0.6 is 7.60 Å². The minimum Gasteiger partial charge on any atom is -0.388 e. The number of carbonyl (C=O) groups excluding carboxylic acids is 1. The Bertz CT molecular complexity index is 333. The van der Waals surface area contributed by atoms with Crippen molar-refractivity contribution in [1.29, 1.82) is 0 Å². The minimum absolute atomic E-state index is 0.0157. The number of rotatable bonds is 7. The van der Waals surface area contributed by atoms with E-state index in [1.807, 2.05) is 0 Å². The average molecular weight is 278 g/mol. The molecule has 106 valence electrons. The summed E-state index contributed by atoms with van der Waals surface area (Å²) in [4.78, 5) is 11.3. The number of aliphatic hydroxyl groups is 1. The van der Waals surface area contributed by atoms with Crippen LogP contribution in [0.3, 0.4) is 0 Å². The molecule has 0 radical (unpaired) electrons. The van der Waals surface area contributed by atoms with Gasteiger partial charge in [0.1, 0.15) is 5.78 Å². The van der Waals surface area contributed by atoms with Gasteiger partial charge in [0.05, 0.1) is 24.5 Å². The van der Waals surface area contributed by atoms with Crippen molar-refractivity contribution in [3.63, 3.8) is 0 Å². The number of ketones is 1. The molecule has 1 rings (SSSR count). The van der Waals surface area contributed by atoms with Crippen LogP contribution in [0, 0.1) is 0 Å². The van der Waals surface area contributed by atoms with Gasteiger partial charge in [0, 0.05) is 6.42 Å². The smallest absolute Gasteiger partial charge is 0.336 e. The first-order valence-corrected chi connectivity index (χ1v) is 8.09. The Labute approximate surface area is 108 Å². The maximum Gasteiger partial charge on any atom is 0.336 e. The summed E-state index contributed by atoms with van der Waals surface area (Å²) in [5.41, 5.74) is -1.83. The van der Waals surface area contributed by atoms with Crippen molar-refractivity contribution in [1.82, 2.24) is 0 Å². The lowest BCUT2D eigenvalue weighted by Gasteiger charge is -2.33. The minimum atomic E-state index is -3.35. The summed E-state index contributed by atoms with van der Waals surface area (Å²) in [5, 5.41) is 10.6. The molecule has 1 N–H and O–H groups in total. The van der Waals surface area contributed by atoms with E-state index in [0.29, 0.717) is 12.8 Å². The van der Waals surface area contributed by atoms with Crippen LogP contribution in [0.25, 0.3) is 0 Å². The molecular formula is C12H23O5P. The molecule has 0 heterocycles. The van der Waals surface area contributed by atoms with E-state index in [1.165, 1.54) is 6.92 Å². The average Bonchev–Trinajstić information content (AvgIpc) is 2.59. The molecule has 0 saturated heterocycles. The predicted molar refractivity (Wildman–Crippen MR) is 68.7 cm³/mol. The summed E-state index contributed by atoms with van der Waals surface area (Å²) in [6, 6.07) is 0. The second-order valence-corrected chi connectivity index (χ2v) is 6.99. The van der Waals surface area contributed by atoms with Crippen LogP contribution in [0.2, 0.25) is 0 Å². The summed E-state index contributed by atoms with van der Waals surface area (Å²) in [6.07, 6.45) is 1.79. The van der Waals surface area contributed by atoms with Gasteiger partial charge in [-0.15, -0.1) is 0 Å². The van der Waals surface area contributed by atoms with Gasteiger partial charge in [-0.1, -0.05) is 0 Å². The SMILES string of the molecule is CCOP(=O)(OCC)[C@H]1CCC[C@]1(O)CC(C)=O. The lowest BCUT2D eigenvalue weighted by atomic mass is 9.95. The number of Topliss-reactive ketones (excluding diaryl/α,β-unsaturated/α-hetero) is 1. The third kappa shape index (κ3) is 3.41. The normalized spacial score (nSPS) is 28.6. The highest BCUT2D eigenvalue weighted by Gasteiger charge is 2.53. The van der Waals surface area contributed by atoms with Gasteiger partial charge < -0.3 is 14.2 Å². The summed E-state index contributed by atoms with van der Waals surface area (Å²) in [5.74, 6) is -0.107. The number of carbonyl (C=O) groups is 1. The van der Waals surface area contributed by atoms with Crippen molar-refractivity contribution in [2.75, 3.05) is 13.2 Å². The van der Waals surface area contributed by atoms with Crippen molar-refractivity contribution >= 4 is 13.4 Å². The number of hydrogen-bond donors (Lipinski definition) is 1. The van der Waals surface area contributed by atoms with E-state index in [9.17, 15) is 14.5 Å². The first-order chi connectivity index (χ1) is 8.38. The molecule has 1 aliphatic carbocycles. The summed E-state index contributed by atoms with van der Waals surface area (Å²) < 4.78 is 23.3. The molecular weight excluding hydrogens is 255 g/mol. The zero-order chi connectivity index (χ0) is 13.8. The van der Waals surface area contributed by atoms with Gasteiger partial charge in [-0.05, 0) is 40.0 Å². The second kappa shape index (κ2) is 6.29. The van der Waals surface area contributed by atoms with Crippen LogP contribution in [0.1, 0.15) is 46.5 Å². The fourth-order valence-corrected chi connectivity index (χ4v) is 5.17. The van der Waals surface area contributed by atoms with E-state index in [1.54, 1.807) is 13.8 Å². The third-order valence-corrected chi connectivity index (χ3v) is 6.00. The van der Waals surface area contributed by atoms with Crippen molar-refractivity contribution in [2.45, 2.75) is 57.7 Å². The van der Waals surface area contributed by atoms with Crippen LogP contribution in [0.4, 0.5) is 0 Å². The van der Waals surface area contributed by atoms with E-state index in [2.05, 4.69) is 0 Å². The van der Waals surface area contributed by atoms with E-state index >= 15 is 0 Å². The van der Waals surface area contributed by atoms with Crippen LogP contribution in [-0.2, 0) is 18.4 Å². The van der Waals surface area contributed by atoms with Gasteiger partial charge in [0.2, 0.25) is 0 Å². The Morgan fingerprint density at radius 2 is 1.94 bits per heavy atom. The maximum absolute atomic E-state index is 12.7. The Morgan fingerprint density at radius 1 is 1.39 bits per heavy atom. The van der Waals surface area contributed by atoms with Crippen molar-refractivity contribution < 1.29 is 23.5 Å². The van der Waals surface area contributed by atoms with Gasteiger partial charge in [-0.25, -0.2) is 0 Å². The largest absolute Gasteiger partial charge is 0.388 e. The van der Waals surface area contributed by atoms with E-state index in [0.717, 1.165) is 6.42 Å². The van der Waals surface area contributed by atoms with Crippen LogP contribution in [0.15, 0.2) is 0 Å². The zero-order valence-electron chi connectivity index (χ0n) is 11.3. The molecule has 0 aliphatic heterocycles. The monoisotopic (exact) mass is 278 g/mol. The lowest BCUT2D eigenvalue weighted by Crippen LogP contribution is -2.39. The van der Waals surface area contributed by atoms with Crippen LogP contribution < -0.4 is 0 Å². The zero-order valence-corrected chi connectivity index (χ0v) is 12.2. The summed E-state index contributed by atoms with van der Waals surface area (Å²) in [7, 11) is -3.35. The van der Waals surface area contributed by atoms with Crippen molar-refractivity contribution in [2.24, 2.45) is 0 Å². The Morgan fingerprint density at radius 3 is 2.39 bits per heavy atom. The standard InChI is InChI=1S/C12H23O5P/c1-4-16-18(15,17-5-2)11-7-6-8-12(11,14)9-10(3)13/h11,14H,4-9H2,1-3H3/t11-,12-/m0/s1. The predicted octanol–water partition coefficient (Wildman–Crippen LogP) is 2.52. The molecule has 18 heavy (non-hydrogen) atoms. The van der Waals surface area contributed by atoms with Gasteiger partial charge in [-0.2, -0.15) is 0 Å². The highest BCUT2D eigenvalue weighted by molar-refractivity contribution is 7.54.